The molecule has 0 saturated carbocycles. The molecule has 2 aromatic rings. The van der Waals surface area contributed by atoms with E-state index in [1.54, 1.807) is 0 Å². The number of aromatic hydroxyl groups is 2. The van der Waals surface area contributed by atoms with Crippen molar-refractivity contribution in [2.75, 3.05) is 0 Å². The summed E-state index contributed by atoms with van der Waals surface area (Å²) in [6, 6.07) is 7.64. The maximum atomic E-state index is 10.6. The molecule has 0 spiro atoms. The van der Waals surface area contributed by atoms with Crippen molar-refractivity contribution in [2.24, 2.45) is 0 Å². The fourth-order valence-corrected chi connectivity index (χ4v) is 5.23. The van der Waals surface area contributed by atoms with Gasteiger partial charge >= 0.3 is 0 Å². The summed E-state index contributed by atoms with van der Waals surface area (Å²) in [4.78, 5) is 1.29. The summed E-state index contributed by atoms with van der Waals surface area (Å²) in [6.07, 6.45) is 1.85. The van der Waals surface area contributed by atoms with Crippen LogP contribution in [0.25, 0.3) is 0 Å². The van der Waals surface area contributed by atoms with E-state index in [9.17, 15) is 20.4 Å². The molecular formula is C24H34O4S2. The lowest BCUT2D eigenvalue weighted by molar-refractivity contribution is 0.273. The van der Waals surface area contributed by atoms with Crippen molar-refractivity contribution in [1.82, 2.24) is 0 Å². The van der Waals surface area contributed by atoms with E-state index in [1.807, 2.05) is 24.3 Å². The normalized spacial score (nSPS) is 12.4. The lowest BCUT2D eigenvalue weighted by Gasteiger charge is -2.26. The molecule has 0 aliphatic rings. The third-order valence-electron chi connectivity index (χ3n) is 6.20. The highest BCUT2D eigenvalue weighted by Crippen LogP contribution is 2.48. The van der Waals surface area contributed by atoms with Gasteiger partial charge in [-0.15, -0.1) is 0 Å². The van der Waals surface area contributed by atoms with Crippen molar-refractivity contribution >= 4 is 21.6 Å². The first-order chi connectivity index (χ1) is 14.0. The zero-order chi connectivity index (χ0) is 22.7. The summed E-state index contributed by atoms with van der Waals surface area (Å²) in [5.41, 5.74) is 2.92. The second kappa shape index (κ2) is 9.86. The van der Waals surface area contributed by atoms with Gasteiger partial charge in [0, 0.05) is 11.1 Å². The molecule has 0 unspecified atom stereocenters. The Balaban J connectivity index is 2.46. The average Bonchev–Trinajstić information content (AvgIpc) is 2.73. The van der Waals surface area contributed by atoms with Gasteiger partial charge in [-0.05, 0) is 80.7 Å². The number of hydrogen-bond donors (Lipinski definition) is 4. The Morgan fingerprint density at radius 3 is 1.27 bits per heavy atom. The largest absolute Gasteiger partial charge is 0.506 e. The Morgan fingerprint density at radius 1 is 0.667 bits per heavy atom. The minimum Gasteiger partial charge on any atom is -0.506 e. The predicted molar refractivity (Wildman–Crippen MR) is 126 cm³/mol. The Hall–Kier alpha value is -1.34. The van der Waals surface area contributed by atoms with E-state index < -0.39 is 0 Å². The average molecular weight is 451 g/mol. The molecule has 2 rings (SSSR count). The van der Waals surface area contributed by atoms with Crippen LogP contribution in [0.1, 0.15) is 76.6 Å². The van der Waals surface area contributed by atoms with Gasteiger partial charge in [0.2, 0.25) is 0 Å². The first-order valence-corrected chi connectivity index (χ1v) is 12.4. The van der Waals surface area contributed by atoms with Crippen LogP contribution in [0.3, 0.4) is 0 Å². The van der Waals surface area contributed by atoms with E-state index >= 15 is 0 Å². The van der Waals surface area contributed by atoms with E-state index in [1.165, 1.54) is 21.6 Å². The summed E-state index contributed by atoms with van der Waals surface area (Å²) in [5.74, 6) is 0.134. The molecule has 0 fully saturated rings. The van der Waals surface area contributed by atoms with Crippen molar-refractivity contribution in [3.05, 3.63) is 46.5 Å². The third-order valence-corrected chi connectivity index (χ3v) is 8.59. The van der Waals surface area contributed by atoms with E-state index in [-0.39, 0.29) is 35.5 Å². The Kier molecular flexibility index (Phi) is 8.19. The molecule has 0 heterocycles. The lowest BCUT2D eigenvalue weighted by atomic mass is 9.81. The van der Waals surface area contributed by atoms with E-state index in [2.05, 4.69) is 41.5 Å². The van der Waals surface area contributed by atoms with Crippen LogP contribution in [0.5, 0.6) is 11.5 Å². The molecule has 6 heteroatoms. The molecule has 0 amide bonds. The van der Waals surface area contributed by atoms with Crippen molar-refractivity contribution in [3.8, 4) is 11.5 Å². The van der Waals surface area contributed by atoms with Crippen molar-refractivity contribution in [2.45, 2.75) is 88.2 Å². The Labute approximate surface area is 188 Å². The number of hydrogen-bond acceptors (Lipinski definition) is 6. The van der Waals surface area contributed by atoms with E-state index in [0.29, 0.717) is 20.9 Å². The number of benzene rings is 2. The molecule has 2 aromatic carbocycles. The molecule has 4 nitrogen and oxygen atoms in total. The maximum Gasteiger partial charge on any atom is 0.135 e. The van der Waals surface area contributed by atoms with Crippen molar-refractivity contribution in [1.29, 1.82) is 0 Å². The van der Waals surface area contributed by atoms with Gasteiger partial charge in [0.1, 0.15) is 11.5 Å². The molecule has 0 aliphatic heterocycles. The van der Waals surface area contributed by atoms with Crippen LogP contribution >= 0.6 is 21.6 Å². The molecule has 30 heavy (non-hydrogen) atoms. The smallest absolute Gasteiger partial charge is 0.135 e. The van der Waals surface area contributed by atoms with Gasteiger partial charge in [0.05, 0.1) is 23.0 Å². The van der Waals surface area contributed by atoms with Crippen LogP contribution in [-0.2, 0) is 24.0 Å². The summed E-state index contributed by atoms with van der Waals surface area (Å²) in [7, 11) is 2.69. The van der Waals surface area contributed by atoms with Gasteiger partial charge < -0.3 is 20.4 Å². The van der Waals surface area contributed by atoms with Gasteiger partial charge in [-0.3, -0.25) is 0 Å². The monoisotopic (exact) mass is 450 g/mol. The Bertz CT molecular complexity index is 818. The second-order valence-electron chi connectivity index (χ2n) is 8.92. The maximum absolute atomic E-state index is 10.6. The molecule has 0 aliphatic carbocycles. The first-order valence-electron chi connectivity index (χ1n) is 10.3. The van der Waals surface area contributed by atoms with Gasteiger partial charge in [-0.1, -0.05) is 41.5 Å². The highest BCUT2D eigenvalue weighted by atomic mass is 33.1. The highest BCUT2D eigenvalue weighted by Gasteiger charge is 2.24. The number of rotatable bonds is 9. The van der Waals surface area contributed by atoms with Crippen LogP contribution in [0, 0.1) is 0 Å². The van der Waals surface area contributed by atoms with Gasteiger partial charge in [0.25, 0.3) is 0 Å². The minimum absolute atomic E-state index is 0.0672. The Morgan fingerprint density at radius 2 is 1.00 bits per heavy atom. The third kappa shape index (κ3) is 5.28. The van der Waals surface area contributed by atoms with Gasteiger partial charge in [0.15, 0.2) is 0 Å². The fourth-order valence-electron chi connectivity index (χ4n) is 2.98. The summed E-state index contributed by atoms with van der Waals surface area (Å²) in [6.45, 7) is 12.3. The van der Waals surface area contributed by atoms with Crippen LogP contribution in [0.15, 0.2) is 34.1 Å². The molecule has 166 valence electrons. The number of phenols is 2. The first kappa shape index (κ1) is 24.9. The zero-order valence-electron chi connectivity index (χ0n) is 18.7. The summed E-state index contributed by atoms with van der Waals surface area (Å²) < 4.78 is 0. The van der Waals surface area contributed by atoms with Crippen LogP contribution in [0.2, 0.25) is 0 Å². The minimum atomic E-state index is -0.238. The van der Waals surface area contributed by atoms with Gasteiger partial charge in [-0.25, -0.2) is 0 Å². The van der Waals surface area contributed by atoms with Crippen molar-refractivity contribution in [3.63, 3.8) is 0 Å². The number of aliphatic hydroxyl groups excluding tert-OH is 2. The molecule has 0 radical (unpaired) electrons. The highest BCUT2D eigenvalue weighted by molar-refractivity contribution is 8.76. The number of aliphatic hydroxyl groups is 2. The molecule has 4 N–H and O–H groups in total. The molecule has 0 saturated heterocycles. The molecule has 0 atom stereocenters. The predicted octanol–water partition coefficient (Wildman–Crippen LogP) is 6.26. The van der Waals surface area contributed by atoms with Crippen LogP contribution < -0.4 is 0 Å². The molecule has 0 bridgehead atoms. The zero-order valence-corrected chi connectivity index (χ0v) is 20.4. The summed E-state index contributed by atoms with van der Waals surface area (Å²) in [5, 5.41) is 40.7. The second-order valence-corrected chi connectivity index (χ2v) is 11.1. The standard InChI is InChI=1S/C24H34O4S2/c1-7-23(3,4)17-9-15(13-25)21(27)19(11-17)29-30-20-12-18(24(5,6)8-2)10-16(14-26)22(20)28/h9-12,25-28H,7-8,13-14H2,1-6H3. The summed E-state index contributed by atoms with van der Waals surface area (Å²) >= 11 is 0. The SMILES string of the molecule is CCC(C)(C)c1cc(CO)c(O)c(SSc2cc(C(C)(C)CC)cc(CO)c2O)c1. The lowest BCUT2D eigenvalue weighted by Crippen LogP contribution is -2.16. The fraction of sp³-hybridized carbons (Fsp3) is 0.500. The van der Waals surface area contributed by atoms with E-state index in [0.717, 1.165) is 24.0 Å². The quantitative estimate of drug-likeness (QED) is 0.338. The molecule has 0 aromatic heterocycles. The van der Waals surface area contributed by atoms with Crippen LogP contribution in [0.4, 0.5) is 0 Å². The van der Waals surface area contributed by atoms with E-state index in [4.69, 9.17) is 0 Å². The van der Waals surface area contributed by atoms with Crippen molar-refractivity contribution < 1.29 is 20.4 Å². The van der Waals surface area contributed by atoms with Gasteiger partial charge in [-0.2, -0.15) is 0 Å². The topological polar surface area (TPSA) is 80.9 Å². The molecular weight excluding hydrogens is 416 g/mol. The van der Waals surface area contributed by atoms with Crippen LogP contribution in [-0.4, -0.2) is 20.4 Å².